The minimum atomic E-state index is -0.709. The van der Waals surface area contributed by atoms with Crippen LogP contribution in [0.5, 0.6) is 0 Å². The molecule has 0 aromatic carbocycles. The lowest BCUT2D eigenvalue weighted by Gasteiger charge is -2.32. The fourth-order valence-corrected chi connectivity index (χ4v) is 2.81. The largest absolute Gasteiger partial charge is 0.395 e. The van der Waals surface area contributed by atoms with Crippen LogP contribution in [0.1, 0.15) is 25.1 Å². The standard InChI is InChI=1S/C15H22ClN3O3/c1-9-4-11(16)13(18-5-9)15(2,3)19-14(21)12-6-17-10(7-20)8-22-12/h4-5,10,12,17,20H,6-8H2,1-3H3,(H,19,21)/t10-,12+/m1/s1. The molecule has 1 aliphatic rings. The van der Waals surface area contributed by atoms with E-state index in [2.05, 4.69) is 15.6 Å². The van der Waals surface area contributed by atoms with Crippen molar-refractivity contribution in [2.45, 2.75) is 38.5 Å². The lowest BCUT2D eigenvalue weighted by Crippen LogP contribution is -2.56. The first-order chi connectivity index (χ1) is 10.3. The fraction of sp³-hybridized carbons (Fsp3) is 0.600. The number of amides is 1. The van der Waals surface area contributed by atoms with Crippen molar-refractivity contribution in [1.82, 2.24) is 15.6 Å². The SMILES string of the molecule is Cc1cnc(C(C)(C)NC(=O)[C@@H]2CN[C@H](CO)CO2)c(Cl)c1. The van der Waals surface area contributed by atoms with Gasteiger partial charge in [-0.1, -0.05) is 11.6 Å². The van der Waals surface area contributed by atoms with Gasteiger partial charge in [0.15, 0.2) is 0 Å². The molecule has 2 rings (SSSR count). The molecule has 2 heterocycles. The highest BCUT2D eigenvalue weighted by molar-refractivity contribution is 6.31. The summed E-state index contributed by atoms with van der Waals surface area (Å²) in [5.74, 6) is -0.229. The van der Waals surface area contributed by atoms with E-state index in [1.807, 2.05) is 26.8 Å². The van der Waals surface area contributed by atoms with Crippen LogP contribution in [-0.2, 0) is 15.1 Å². The minimum absolute atomic E-state index is 0.0112. The number of nitrogens with zero attached hydrogens (tertiary/aromatic N) is 1. The van der Waals surface area contributed by atoms with E-state index in [0.29, 0.717) is 23.9 Å². The lowest BCUT2D eigenvalue weighted by molar-refractivity contribution is -0.138. The van der Waals surface area contributed by atoms with Crippen molar-refractivity contribution in [3.63, 3.8) is 0 Å². The quantitative estimate of drug-likeness (QED) is 0.760. The van der Waals surface area contributed by atoms with E-state index in [0.717, 1.165) is 5.56 Å². The highest BCUT2D eigenvalue weighted by Crippen LogP contribution is 2.26. The minimum Gasteiger partial charge on any atom is -0.395 e. The van der Waals surface area contributed by atoms with E-state index in [4.69, 9.17) is 21.4 Å². The van der Waals surface area contributed by atoms with Gasteiger partial charge >= 0.3 is 0 Å². The van der Waals surface area contributed by atoms with Gasteiger partial charge in [-0.25, -0.2) is 0 Å². The topological polar surface area (TPSA) is 83.5 Å². The number of aliphatic hydroxyl groups excluding tert-OH is 1. The molecule has 0 unspecified atom stereocenters. The molecule has 0 spiro atoms. The first-order valence-electron chi connectivity index (χ1n) is 7.24. The van der Waals surface area contributed by atoms with Crippen LogP contribution >= 0.6 is 11.6 Å². The Morgan fingerprint density at radius 1 is 1.64 bits per heavy atom. The number of nitrogens with one attached hydrogen (secondary N) is 2. The van der Waals surface area contributed by atoms with Crippen LogP contribution in [0, 0.1) is 6.92 Å². The monoisotopic (exact) mass is 327 g/mol. The molecule has 22 heavy (non-hydrogen) atoms. The van der Waals surface area contributed by atoms with E-state index in [1.54, 1.807) is 6.20 Å². The van der Waals surface area contributed by atoms with Gasteiger partial charge in [0.25, 0.3) is 5.91 Å². The van der Waals surface area contributed by atoms with Crippen molar-refractivity contribution < 1.29 is 14.6 Å². The van der Waals surface area contributed by atoms with Gasteiger partial charge in [-0.05, 0) is 32.4 Å². The number of hydrogen-bond acceptors (Lipinski definition) is 5. The Labute approximate surface area is 135 Å². The lowest BCUT2D eigenvalue weighted by atomic mass is 9.98. The Balaban J connectivity index is 2.03. The number of morpholine rings is 1. The summed E-state index contributed by atoms with van der Waals surface area (Å²) in [6, 6.07) is 1.70. The second-order valence-corrected chi connectivity index (χ2v) is 6.47. The predicted octanol–water partition coefficient (Wildman–Crippen LogP) is 0.744. The Hall–Kier alpha value is -1.21. The van der Waals surface area contributed by atoms with Gasteiger partial charge in [0.05, 0.1) is 35.5 Å². The Morgan fingerprint density at radius 2 is 2.36 bits per heavy atom. The van der Waals surface area contributed by atoms with Gasteiger partial charge in [-0.15, -0.1) is 0 Å². The van der Waals surface area contributed by atoms with Crippen molar-refractivity contribution in [2.75, 3.05) is 19.8 Å². The Morgan fingerprint density at radius 3 is 2.91 bits per heavy atom. The molecule has 1 amide bonds. The maximum absolute atomic E-state index is 12.4. The zero-order valence-electron chi connectivity index (χ0n) is 13.0. The number of carbonyl (C=O) groups is 1. The highest BCUT2D eigenvalue weighted by atomic mass is 35.5. The summed E-state index contributed by atoms with van der Waals surface area (Å²) in [5.41, 5.74) is 0.870. The van der Waals surface area contributed by atoms with Crippen LogP contribution in [0.15, 0.2) is 12.3 Å². The van der Waals surface area contributed by atoms with Crippen LogP contribution < -0.4 is 10.6 Å². The number of aromatic nitrogens is 1. The number of rotatable bonds is 4. The van der Waals surface area contributed by atoms with E-state index in [9.17, 15) is 4.79 Å². The fourth-order valence-electron chi connectivity index (χ4n) is 2.35. The van der Waals surface area contributed by atoms with Crippen LogP contribution in [0.3, 0.4) is 0 Å². The second kappa shape index (κ2) is 6.91. The van der Waals surface area contributed by atoms with Crippen LogP contribution in [0.2, 0.25) is 5.02 Å². The molecule has 1 aromatic heterocycles. The summed E-state index contributed by atoms with van der Waals surface area (Å²) in [4.78, 5) is 16.7. The van der Waals surface area contributed by atoms with E-state index in [1.165, 1.54) is 0 Å². The molecular formula is C15H22ClN3O3. The third kappa shape index (κ3) is 3.95. The highest BCUT2D eigenvalue weighted by Gasteiger charge is 2.32. The van der Waals surface area contributed by atoms with Crippen molar-refractivity contribution in [1.29, 1.82) is 0 Å². The maximum atomic E-state index is 12.4. The molecule has 0 saturated carbocycles. The molecule has 1 saturated heterocycles. The number of aryl methyl sites for hydroxylation is 1. The van der Waals surface area contributed by atoms with Gasteiger partial charge in [0.1, 0.15) is 6.10 Å². The first kappa shape index (κ1) is 17.1. The normalized spacial score (nSPS) is 22.4. The summed E-state index contributed by atoms with van der Waals surface area (Å²) in [5, 5.41) is 15.5. The summed E-state index contributed by atoms with van der Waals surface area (Å²) in [6.45, 7) is 6.26. The molecule has 7 heteroatoms. The van der Waals surface area contributed by atoms with Crippen molar-refractivity contribution in [2.24, 2.45) is 0 Å². The van der Waals surface area contributed by atoms with Gasteiger partial charge in [0.2, 0.25) is 0 Å². The third-order valence-electron chi connectivity index (χ3n) is 3.61. The average Bonchev–Trinajstić information content (AvgIpc) is 2.46. The molecule has 0 aliphatic carbocycles. The molecule has 2 atom stereocenters. The summed E-state index contributed by atoms with van der Waals surface area (Å²) in [6.07, 6.45) is 1.13. The zero-order valence-corrected chi connectivity index (χ0v) is 13.8. The number of aliphatic hydroxyl groups is 1. The number of hydrogen-bond donors (Lipinski definition) is 3. The first-order valence-corrected chi connectivity index (χ1v) is 7.62. The molecule has 0 radical (unpaired) electrons. The van der Waals surface area contributed by atoms with E-state index in [-0.39, 0.29) is 18.6 Å². The Kier molecular flexibility index (Phi) is 5.39. The van der Waals surface area contributed by atoms with E-state index >= 15 is 0 Å². The van der Waals surface area contributed by atoms with Gasteiger partial charge in [0, 0.05) is 12.7 Å². The number of ether oxygens (including phenoxy) is 1. The number of pyridine rings is 1. The number of halogens is 1. The third-order valence-corrected chi connectivity index (χ3v) is 3.90. The second-order valence-electron chi connectivity index (χ2n) is 6.07. The average molecular weight is 328 g/mol. The molecule has 1 aromatic rings. The molecule has 1 aliphatic heterocycles. The predicted molar refractivity (Wildman–Crippen MR) is 83.8 cm³/mol. The zero-order chi connectivity index (χ0) is 16.3. The van der Waals surface area contributed by atoms with Crippen LogP contribution in [-0.4, -0.2) is 47.9 Å². The molecular weight excluding hydrogens is 306 g/mol. The molecule has 1 fully saturated rings. The van der Waals surface area contributed by atoms with Crippen molar-refractivity contribution in [3.8, 4) is 0 Å². The summed E-state index contributed by atoms with van der Waals surface area (Å²) < 4.78 is 5.49. The maximum Gasteiger partial charge on any atom is 0.251 e. The van der Waals surface area contributed by atoms with Crippen LogP contribution in [0.4, 0.5) is 0 Å². The Bertz CT molecular complexity index is 543. The van der Waals surface area contributed by atoms with Crippen LogP contribution in [0.25, 0.3) is 0 Å². The van der Waals surface area contributed by atoms with Gasteiger partial charge in [-0.2, -0.15) is 0 Å². The summed E-state index contributed by atoms with van der Waals surface area (Å²) >= 11 is 6.24. The van der Waals surface area contributed by atoms with Crippen molar-refractivity contribution in [3.05, 3.63) is 28.5 Å². The molecule has 3 N–H and O–H groups in total. The number of carbonyl (C=O) groups excluding carboxylic acids is 1. The van der Waals surface area contributed by atoms with Gasteiger partial charge in [-0.3, -0.25) is 9.78 Å². The summed E-state index contributed by atoms with van der Waals surface area (Å²) in [7, 11) is 0. The van der Waals surface area contributed by atoms with E-state index < -0.39 is 11.6 Å². The molecule has 122 valence electrons. The van der Waals surface area contributed by atoms with Crippen molar-refractivity contribution >= 4 is 17.5 Å². The molecule has 0 bridgehead atoms. The van der Waals surface area contributed by atoms with Gasteiger partial charge < -0.3 is 20.5 Å². The molecule has 6 nitrogen and oxygen atoms in total. The smallest absolute Gasteiger partial charge is 0.251 e.